The number of nitrogens with two attached hydrogens (primary N) is 1. The number of aromatic hydroxyl groups is 1. The number of benzene rings is 2. The number of hydrogen-bond acceptors (Lipinski definition) is 4. The van der Waals surface area contributed by atoms with Gasteiger partial charge in [-0.2, -0.15) is 5.10 Å². The normalized spacial score (nSPS) is 11.2. The first-order chi connectivity index (χ1) is 9.56. The molecule has 0 aliphatic rings. The van der Waals surface area contributed by atoms with Gasteiger partial charge < -0.3 is 10.8 Å². The fraction of sp³-hybridized carbons (Fsp3) is 0.0667. The molecular weight excluding hydrogens is 254 g/mol. The summed E-state index contributed by atoms with van der Waals surface area (Å²) in [4.78, 5) is 11.8. The first kappa shape index (κ1) is 13.6. The molecule has 0 saturated heterocycles. The van der Waals surface area contributed by atoms with Crippen LogP contribution in [0.3, 0.4) is 0 Å². The second-order valence-electron chi connectivity index (χ2n) is 4.31. The molecule has 0 aromatic heterocycles. The summed E-state index contributed by atoms with van der Waals surface area (Å²) < 4.78 is 0. The molecule has 2 rings (SSSR count). The highest BCUT2D eigenvalue weighted by molar-refractivity contribution is 6.00. The first-order valence-corrected chi connectivity index (χ1v) is 6.06. The van der Waals surface area contributed by atoms with E-state index in [-0.39, 0.29) is 11.7 Å². The van der Waals surface area contributed by atoms with Crippen molar-refractivity contribution in [3.63, 3.8) is 0 Å². The summed E-state index contributed by atoms with van der Waals surface area (Å²) in [5.41, 5.74) is 10.6. The highest BCUT2D eigenvalue weighted by atomic mass is 16.3. The molecule has 2 aromatic rings. The highest BCUT2D eigenvalue weighted by Crippen LogP contribution is 2.10. The van der Waals surface area contributed by atoms with E-state index in [0.29, 0.717) is 17.0 Å². The second kappa shape index (κ2) is 5.88. The Morgan fingerprint density at radius 2 is 1.60 bits per heavy atom. The molecule has 1 amide bonds. The molecule has 20 heavy (non-hydrogen) atoms. The number of nitrogens with zero attached hydrogens (tertiary/aromatic N) is 1. The molecule has 0 aliphatic carbocycles. The van der Waals surface area contributed by atoms with Crippen molar-refractivity contribution in [3.05, 3.63) is 59.7 Å². The van der Waals surface area contributed by atoms with E-state index in [4.69, 9.17) is 5.73 Å². The van der Waals surface area contributed by atoms with Crippen LogP contribution in [0, 0.1) is 0 Å². The molecule has 2 aromatic carbocycles. The first-order valence-electron chi connectivity index (χ1n) is 6.06. The van der Waals surface area contributed by atoms with Gasteiger partial charge in [-0.1, -0.05) is 0 Å². The largest absolute Gasteiger partial charge is 0.508 e. The highest BCUT2D eigenvalue weighted by Gasteiger charge is 2.04. The predicted octanol–water partition coefficient (Wildman–Crippen LogP) is 2.13. The second-order valence-corrected chi connectivity index (χ2v) is 4.31. The molecule has 0 aliphatic heterocycles. The zero-order valence-corrected chi connectivity index (χ0v) is 11.0. The van der Waals surface area contributed by atoms with Crippen molar-refractivity contribution >= 4 is 17.3 Å². The topological polar surface area (TPSA) is 87.7 Å². The van der Waals surface area contributed by atoms with E-state index >= 15 is 0 Å². The Hall–Kier alpha value is -2.82. The van der Waals surface area contributed by atoms with E-state index in [2.05, 4.69) is 10.5 Å². The van der Waals surface area contributed by atoms with Crippen molar-refractivity contribution in [1.82, 2.24) is 5.43 Å². The number of carbonyl (C=O) groups excluding carboxylic acids is 1. The fourth-order valence-electron chi connectivity index (χ4n) is 1.60. The maximum absolute atomic E-state index is 11.8. The van der Waals surface area contributed by atoms with E-state index in [1.54, 1.807) is 55.5 Å². The van der Waals surface area contributed by atoms with E-state index < -0.39 is 0 Å². The fourth-order valence-corrected chi connectivity index (χ4v) is 1.60. The minimum atomic E-state index is -0.303. The smallest absolute Gasteiger partial charge is 0.271 e. The lowest BCUT2D eigenvalue weighted by Crippen LogP contribution is -2.19. The van der Waals surface area contributed by atoms with Crippen molar-refractivity contribution in [3.8, 4) is 5.75 Å². The summed E-state index contributed by atoms with van der Waals surface area (Å²) >= 11 is 0. The molecule has 0 saturated carbocycles. The number of hydrogen-bond donors (Lipinski definition) is 3. The van der Waals surface area contributed by atoms with Gasteiger partial charge in [0, 0.05) is 11.3 Å². The van der Waals surface area contributed by atoms with Crippen LogP contribution in [0.2, 0.25) is 0 Å². The molecule has 0 bridgehead atoms. The third kappa shape index (κ3) is 3.35. The van der Waals surface area contributed by atoms with Crippen LogP contribution in [0.1, 0.15) is 22.8 Å². The zero-order valence-electron chi connectivity index (χ0n) is 11.0. The van der Waals surface area contributed by atoms with Crippen LogP contribution in [0.4, 0.5) is 5.69 Å². The monoisotopic (exact) mass is 269 g/mol. The molecule has 5 nitrogen and oxygen atoms in total. The summed E-state index contributed by atoms with van der Waals surface area (Å²) in [7, 11) is 0. The Balaban J connectivity index is 2.06. The Morgan fingerprint density at radius 3 is 2.20 bits per heavy atom. The summed E-state index contributed by atoms with van der Waals surface area (Å²) in [6.07, 6.45) is 0. The van der Waals surface area contributed by atoms with Crippen LogP contribution < -0.4 is 11.2 Å². The number of hydrazone groups is 1. The molecular formula is C15H15N3O2. The predicted molar refractivity (Wildman–Crippen MR) is 78.6 cm³/mol. The van der Waals surface area contributed by atoms with Gasteiger partial charge in [0.2, 0.25) is 0 Å². The lowest BCUT2D eigenvalue weighted by Gasteiger charge is -2.03. The average molecular weight is 269 g/mol. The summed E-state index contributed by atoms with van der Waals surface area (Å²) in [6, 6.07) is 13.2. The van der Waals surface area contributed by atoms with Crippen LogP contribution in [0.5, 0.6) is 5.75 Å². The zero-order chi connectivity index (χ0) is 14.5. The molecule has 0 atom stereocenters. The van der Waals surface area contributed by atoms with Crippen molar-refractivity contribution < 1.29 is 9.90 Å². The van der Waals surface area contributed by atoms with Crippen LogP contribution in [-0.4, -0.2) is 16.7 Å². The molecule has 4 N–H and O–H groups in total. The molecule has 0 spiro atoms. The molecule has 0 heterocycles. The number of anilines is 1. The SMILES string of the molecule is C/C(=N/NC(=O)c1ccc(N)cc1)c1ccc(O)cc1. The van der Waals surface area contributed by atoms with Gasteiger partial charge in [0.05, 0.1) is 5.71 Å². The molecule has 0 fully saturated rings. The van der Waals surface area contributed by atoms with Crippen molar-refractivity contribution in [2.75, 3.05) is 5.73 Å². The Bertz CT molecular complexity index is 631. The summed E-state index contributed by atoms with van der Waals surface area (Å²) in [6.45, 7) is 1.77. The van der Waals surface area contributed by atoms with Crippen LogP contribution in [0.15, 0.2) is 53.6 Å². The lowest BCUT2D eigenvalue weighted by molar-refractivity contribution is 0.0955. The summed E-state index contributed by atoms with van der Waals surface area (Å²) in [5.74, 6) is -0.115. The van der Waals surface area contributed by atoms with Gasteiger partial charge in [0.25, 0.3) is 5.91 Å². The van der Waals surface area contributed by atoms with Crippen LogP contribution in [0.25, 0.3) is 0 Å². The van der Waals surface area contributed by atoms with Crippen molar-refractivity contribution in [2.24, 2.45) is 5.10 Å². The van der Waals surface area contributed by atoms with Gasteiger partial charge in [-0.25, -0.2) is 5.43 Å². The Labute approximate surface area is 116 Å². The van der Waals surface area contributed by atoms with Crippen molar-refractivity contribution in [1.29, 1.82) is 0 Å². The number of nitrogens with one attached hydrogen (secondary N) is 1. The number of carbonyl (C=O) groups is 1. The number of rotatable bonds is 3. The minimum absolute atomic E-state index is 0.187. The van der Waals surface area contributed by atoms with Gasteiger partial charge in [0.1, 0.15) is 5.75 Å². The van der Waals surface area contributed by atoms with Gasteiger partial charge in [-0.05, 0) is 61.0 Å². The van der Waals surface area contributed by atoms with E-state index in [9.17, 15) is 9.90 Å². The van der Waals surface area contributed by atoms with Gasteiger partial charge >= 0.3 is 0 Å². The Kier molecular flexibility index (Phi) is 4.00. The number of nitrogen functional groups attached to an aromatic ring is 1. The van der Waals surface area contributed by atoms with Crippen LogP contribution >= 0.6 is 0 Å². The maximum atomic E-state index is 11.8. The van der Waals surface area contributed by atoms with Gasteiger partial charge in [0.15, 0.2) is 0 Å². The third-order valence-corrected chi connectivity index (χ3v) is 2.78. The summed E-state index contributed by atoms with van der Waals surface area (Å²) in [5, 5.41) is 13.2. The average Bonchev–Trinajstić information content (AvgIpc) is 2.46. The molecule has 5 heteroatoms. The quantitative estimate of drug-likeness (QED) is 0.453. The number of amides is 1. The van der Waals surface area contributed by atoms with E-state index in [1.165, 1.54) is 0 Å². The molecule has 102 valence electrons. The lowest BCUT2D eigenvalue weighted by atomic mass is 10.1. The minimum Gasteiger partial charge on any atom is -0.508 e. The maximum Gasteiger partial charge on any atom is 0.271 e. The van der Waals surface area contributed by atoms with Gasteiger partial charge in [-0.3, -0.25) is 4.79 Å². The third-order valence-electron chi connectivity index (χ3n) is 2.78. The van der Waals surface area contributed by atoms with E-state index in [0.717, 1.165) is 5.56 Å². The number of phenolic OH excluding ortho intramolecular Hbond substituents is 1. The number of phenols is 1. The van der Waals surface area contributed by atoms with Crippen LogP contribution in [-0.2, 0) is 0 Å². The Morgan fingerprint density at radius 1 is 1.05 bits per heavy atom. The standard InChI is InChI=1S/C15H15N3O2/c1-10(11-4-8-14(19)9-5-11)17-18-15(20)12-2-6-13(16)7-3-12/h2-9,19H,16H2,1H3,(H,18,20)/b17-10-. The van der Waals surface area contributed by atoms with Gasteiger partial charge in [-0.15, -0.1) is 0 Å². The molecule has 0 radical (unpaired) electrons. The molecule has 0 unspecified atom stereocenters. The van der Waals surface area contributed by atoms with E-state index in [1.807, 2.05) is 0 Å². The van der Waals surface area contributed by atoms with Crippen molar-refractivity contribution in [2.45, 2.75) is 6.92 Å².